The van der Waals surface area contributed by atoms with Gasteiger partial charge >= 0.3 is 11.8 Å². The van der Waals surface area contributed by atoms with Gasteiger partial charge in [0.2, 0.25) is 0 Å². The lowest BCUT2D eigenvalue weighted by molar-refractivity contribution is -0.136. The summed E-state index contributed by atoms with van der Waals surface area (Å²) in [5.74, 6) is -1.54. The van der Waals surface area contributed by atoms with Crippen LogP contribution >= 0.6 is 0 Å². The van der Waals surface area contributed by atoms with Gasteiger partial charge in [-0.3, -0.25) is 9.59 Å². The molecule has 2 amide bonds. The molecule has 3 N–H and O–H groups in total. The number of benzene rings is 2. The zero-order valence-corrected chi connectivity index (χ0v) is 15.5. The predicted molar refractivity (Wildman–Crippen MR) is 103 cm³/mol. The molecule has 26 heavy (non-hydrogen) atoms. The summed E-state index contributed by atoms with van der Waals surface area (Å²) in [5, 5.41) is 15.2. The molecule has 6 nitrogen and oxygen atoms in total. The summed E-state index contributed by atoms with van der Waals surface area (Å²) >= 11 is 0. The second-order valence-electron chi connectivity index (χ2n) is 6.41. The number of anilines is 2. The maximum atomic E-state index is 12.0. The van der Waals surface area contributed by atoms with Gasteiger partial charge in [-0.05, 0) is 48.7 Å². The van der Waals surface area contributed by atoms with Gasteiger partial charge in [0.05, 0.1) is 6.10 Å². The molecule has 0 radical (unpaired) electrons. The van der Waals surface area contributed by atoms with E-state index in [1.54, 1.807) is 18.2 Å². The molecule has 0 heterocycles. The van der Waals surface area contributed by atoms with E-state index in [1.807, 2.05) is 57.1 Å². The van der Waals surface area contributed by atoms with Crippen molar-refractivity contribution in [3.63, 3.8) is 0 Å². The maximum Gasteiger partial charge on any atom is 0.313 e. The topological polar surface area (TPSA) is 81.7 Å². The van der Waals surface area contributed by atoms with Gasteiger partial charge in [0, 0.05) is 32.0 Å². The van der Waals surface area contributed by atoms with Gasteiger partial charge in [-0.2, -0.15) is 0 Å². The highest BCUT2D eigenvalue weighted by molar-refractivity contribution is 6.39. The Morgan fingerprint density at radius 1 is 1.04 bits per heavy atom. The largest absolute Gasteiger partial charge is 0.387 e. The summed E-state index contributed by atoms with van der Waals surface area (Å²) in [7, 11) is 3.86. The Kier molecular flexibility index (Phi) is 6.36. The number of aliphatic hydroxyl groups is 1. The molecule has 1 atom stereocenters. The third kappa shape index (κ3) is 4.83. The molecule has 1 unspecified atom stereocenters. The van der Waals surface area contributed by atoms with Crippen LogP contribution in [0.4, 0.5) is 11.4 Å². The average Bonchev–Trinajstić information content (AvgIpc) is 2.63. The minimum Gasteiger partial charge on any atom is -0.387 e. The number of hydrogen-bond acceptors (Lipinski definition) is 4. The summed E-state index contributed by atoms with van der Waals surface area (Å²) in [4.78, 5) is 26.0. The third-order valence-electron chi connectivity index (χ3n) is 4.31. The van der Waals surface area contributed by atoms with E-state index in [-0.39, 0.29) is 6.54 Å². The smallest absolute Gasteiger partial charge is 0.313 e. The van der Waals surface area contributed by atoms with Crippen molar-refractivity contribution >= 4 is 23.2 Å². The average molecular weight is 355 g/mol. The van der Waals surface area contributed by atoms with Crippen LogP contribution in [0.15, 0.2) is 42.5 Å². The van der Waals surface area contributed by atoms with E-state index in [4.69, 9.17) is 0 Å². The first-order valence-corrected chi connectivity index (χ1v) is 8.40. The molecule has 2 aromatic carbocycles. The molecule has 0 bridgehead atoms. The molecule has 0 aliphatic rings. The fraction of sp³-hybridized carbons (Fsp3) is 0.300. The van der Waals surface area contributed by atoms with Gasteiger partial charge in [0.25, 0.3) is 0 Å². The van der Waals surface area contributed by atoms with Crippen LogP contribution in [0.1, 0.15) is 22.8 Å². The van der Waals surface area contributed by atoms with E-state index in [2.05, 4.69) is 10.6 Å². The van der Waals surface area contributed by atoms with Crippen LogP contribution in [0.5, 0.6) is 0 Å². The van der Waals surface area contributed by atoms with Crippen molar-refractivity contribution in [2.24, 2.45) is 0 Å². The van der Waals surface area contributed by atoms with Crippen molar-refractivity contribution in [3.05, 3.63) is 59.2 Å². The van der Waals surface area contributed by atoms with Crippen LogP contribution < -0.4 is 15.5 Å². The standard InChI is InChI=1S/C20H25N3O3/c1-13-6-5-7-17(14(13)2)22-20(26)19(25)21-12-18(24)15-8-10-16(11-9-15)23(3)4/h5-11,18,24H,12H2,1-4H3,(H,21,25)(H,22,26). The lowest BCUT2D eigenvalue weighted by Gasteiger charge is -2.16. The highest BCUT2D eigenvalue weighted by atomic mass is 16.3. The minimum absolute atomic E-state index is 0.0413. The zero-order chi connectivity index (χ0) is 19.3. The molecule has 0 aliphatic carbocycles. The fourth-order valence-electron chi connectivity index (χ4n) is 2.45. The van der Waals surface area contributed by atoms with Gasteiger partial charge in [-0.1, -0.05) is 24.3 Å². The predicted octanol–water partition coefficient (Wildman–Crippen LogP) is 2.16. The summed E-state index contributed by atoms with van der Waals surface area (Å²) < 4.78 is 0. The molecule has 0 aromatic heterocycles. The van der Waals surface area contributed by atoms with Gasteiger partial charge in [-0.15, -0.1) is 0 Å². The molecule has 0 spiro atoms. The van der Waals surface area contributed by atoms with Crippen molar-refractivity contribution in [3.8, 4) is 0 Å². The molecule has 2 aromatic rings. The Hall–Kier alpha value is -2.86. The Morgan fingerprint density at radius 3 is 2.31 bits per heavy atom. The number of hydrogen-bond donors (Lipinski definition) is 3. The molecule has 6 heteroatoms. The Balaban J connectivity index is 1.90. The van der Waals surface area contributed by atoms with E-state index in [0.717, 1.165) is 16.8 Å². The van der Waals surface area contributed by atoms with Crippen molar-refractivity contribution in [2.45, 2.75) is 20.0 Å². The van der Waals surface area contributed by atoms with Crippen LogP contribution in [-0.4, -0.2) is 37.6 Å². The number of carbonyl (C=O) groups excluding carboxylic acids is 2. The maximum absolute atomic E-state index is 12.0. The SMILES string of the molecule is Cc1cccc(NC(=O)C(=O)NCC(O)c2ccc(N(C)C)cc2)c1C. The van der Waals surface area contributed by atoms with Crippen LogP contribution in [0.25, 0.3) is 0 Å². The number of aliphatic hydroxyl groups excluding tert-OH is 1. The monoisotopic (exact) mass is 355 g/mol. The van der Waals surface area contributed by atoms with Gasteiger partial charge in [0.1, 0.15) is 0 Å². The molecule has 0 saturated carbocycles. The van der Waals surface area contributed by atoms with Crippen LogP contribution in [0.2, 0.25) is 0 Å². The number of carbonyl (C=O) groups is 2. The molecule has 0 saturated heterocycles. The summed E-state index contributed by atoms with van der Waals surface area (Å²) in [6.07, 6.45) is -0.885. The first kappa shape index (κ1) is 19.5. The third-order valence-corrected chi connectivity index (χ3v) is 4.31. The van der Waals surface area contributed by atoms with Crippen LogP contribution in [-0.2, 0) is 9.59 Å². The molecule has 138 valence electrons. The quantitative estimate of drug-likeness (QED) is 0.718. The van der Waals surface area contributed by atoms with E-state index < -0.39 is 17.9 Å². The number of amides is 2. The molecule has 0 aliphatic heterocycles. The van der Waals surface area contributed by atoms with E-state index in [1.165, 1.54) is 0 Å². The van der Waals surface area contributed by atoms with Crippen molar-refractivity contribution < 1.29 is 14.7 Å². The summed E-state index contributed by atoms with van der Waals surface area (Å²) in [6, 6.07) is 12.8. The van der Waals surface area contributed by atoms with Gasteiger partial charge < -0.3 is 20.6 Å². The van der Waals surface area contributed by atoms with Crippen molar-refractivity contribution in [1.29, 1.82) is 0 Å². The molecular weight excluding hydrogens is 330 g/mol. The number of aryl methyl sites for hydroxylation is 1. The molecular formula is C20H25N3O3. The van der Waals surface area contributed by atoms with Gasteiger partial charge in [0.15, 0.2) is 0 Å². The second-order valence-corrected chi connectivity index (χ2v) is 6.41. The second kappa shape index (κ2) is 8.49. The van der Waals surface area contributed by atoms with Crippen LogP contribution in [0, 0.1) is 13.8 Å². The first-order chi connectivity index (χ1) is 12.3. The van der Waals surface area contributed by atoms with E-state index in [9.17, 15) is 14.7 Å². The number of rotatable bonds is 5. The first-order valence-electron chi connectivity index (χ1n) is 8.40. The van der Waals surface area contributed by atoms with Gasteiger partial charge in [-0.25, -0.2) is 0 Å². The lowest BCUT2D eigenvalue weighted by atomic mass is 10.1. The minimum atomic E-state index is -0.885. The Morgan fingerprint density at radius 2 is 1.69 bits per heavy atom. The molecule has 0 fully saturated rings. The number of nitrogens with zero attached hydrogens (tertiary/aromatic N) is 1. The highest BCUT2D eigenvalue weighted by Gasteiger charge is 2.17. The Labute approximate surface area is 153 Å². The number of nitrogens with one attached hydrogen (secondary N) is 2. The normalized spacial score (nSPS) is 11.6. The van der Waals surface area contributed by atoms with E-state index in [0.29, 0.717) is 11.3 Å². The zero-order valence-electron chi connectivity index (χ0n) is 15.5. The van der Waals surface area contributed by atoms with E-state index >= 15 is 0 Å². The fourth-order valence-corrected chi connectivity index (χ4v) is 2.45. The van der Waals surface area contributed by atoms with Crippen molar-refractivity contribution in [1.82, 2.24) is 5.32 Å². The summed E-state index contributed by atoms with van der Waals surface area (Å²) in [6.45, 7) is 3.77. The Bertz CT molecular complexity index is 785. The van der Waals surface area contributed by atoms with Crippen molar-refractivity contribution in [2.75, 3.05) is 30.9 Å². The molecule has 2 rings (SSSR count). The van der Waals surface area contributed by atoms with Crippen LogP contribution in [0.3, 0.4) is 0 Å². The highest BCUT2D eigenvalue weighted by Crippen LogP contribution is 2.18. The lowest BCUT2D eigenvalue weighted by Crippen LogP contribution is -2.37. The summed E-state index contributed by atoms with van der Waals surface area (Å²) in [5.41, 5.74) is 4.23.